The van der Waals surface area contributed by atoms with E-state index < -0.39 is 15.9 Å². The van der Waals surface area contributed by atoms with Gasteiger partial charge in [-0.25, -0.2) is 13.1 Å². The summed E-state index contributed by atoms with van der Waals surface area (Å²) in [4.78, 5) is 23.9. The predicted molar refractivity (Wildman–Crippen MR) is 105 cm³/mol. The minimum Gasteiger partial charge on any atom is -0.377 e. The van der Waals surface area contributed by atoms with Crippen LogP contribution in [0, 0.1) is 0 Å². The predicted octanol–water partition coefficient (Wildman–Crippen LogP) is 2.60. The number of Topliss-reactive ketones (excluding diaryl/α,β-unsaturated/α-hetero) is 1. The number of ether oxygens (including phenoxy) is 1. The summed E-state index contributed by atoms with van der Waals surface area (Å²) >= 11 is 0. The summed E-state index contributed by atoms with van der Waals surface area (Å²) in [5.74, 6) is -0.488. The highest BCUT2D eigenvalue weighted by molar-refractivity contribution is 7.89. The maximum atomic E-state index is 12.4. The number of hydrogen-bond donors (Lipinski definition) is 2. The third-order valence-corrected chi connectivity index (χ3v) is 5.92. The minimum atomic E-state index is -3.66. The Labute approximate surface area is 164 Å². The highest BCUT2D eigenvalue weighted by Gasteiger charge is 2.20. The molecule has 1 fully saturated rings. The summed E-state index contributed by atoms with van der Waals surface area (Å²) in [7, 11) is -3.66. The lowest BCUT2D eigenvalue weighted by molar-refractivity contribution is 0.101. The van der Waals surface area contributed by atoms with Gasteiger partial charge in [0.1, 0.15) is 0 Å². The highest BCUT2D eigenvalue weighted by atomic mass is 32.2. The fourth-order valence-electron chi connectivity index (χ4n) is 2.90. The Morgan fingerprint density at radius 2 is 1.86 bits per heavy atom. The van der Waals surface area contributed by atoms with Gasteiger partial charge in [0.05, 0.1) is 11.0 Å². The SMILES string of the molecule is CC(=O)c1cccc(NC(=O)c2ccc(S(=O)(=O)NC[C@@H]3CCCO3)cc2)c1. The van der Waals surface area contributed by atoms with Crippen LogP contribution in [0.25, 0.3) is 0 Å². The highest BCUT2D eigenvalue weighted by Crippen LogP contribution is 2.16. The van der Waals surface area contributed by atoms with Crippen molar-refractivity contribution in [2.75, 3.05) is 18.5 Å². The number of sulfonamides is 1. The average Bonchev–Trinajstić information content (AvgIpc) is 3.20. The first-order chi connectivity index (χ1) is 13.3. The van der Waals surface area contributed by atoms with Crippen molar-refractivity contribution in [3.8, 4) is 0 Å². The smallest absolute Gasteiger partial charge is 0.255 e. The van der Waals surface area contributed by atoms with Crippen molar-refractivity contribution in [2.45, 2.75) is 30.8 Å². The largest absolute Gasteiger partial charge is 0.377 e. The van der Waals surface area contributed by atoms with Gasteiger partial charge in [-0.15, -0.1) is 0 Å². The molecule has 0 saturated carbocycles. The quantitative estimate of drug-likeness (QED) is 0.693. The zero-order valence-corrected chi connectivity index (χ0v) is 16.3. The molecule has 28 heavy (non-hydrogen) atoms. The molecular weight excluding hydrogens is 380 g/mol. The zero-order valence-electron chi connectivity index (χ0n) is 15.5. The van der Waals surface area contributed by atoms with Crippen molar-refractivity contribution < 1.29 is 22.7 Å². The Balaban J connectivity index is 1.65. The molecular formula is C20H22N2O5S. The Morgan fingerprint density at radius 1 is 1.11 bits per heavy atom. The van der Waals surface area contributed by atoms with Gasteiger partial charge in [-0.05, 0) is 56.2 Å². The molecule has 8 heteroatoms. The van der Waals surface area contributed by atoms with Crippen LogP contribution in [-0.4, -0.2) is 39.4 Å². The summed E-state index contributed by atoms with van der Waals surface area (Å²) < 4.78 is 32.7. The molecule has 1 aliphatic rings. The molecule has 0 unspecified atom stereocenters. The molecule has 1 atom stereocenters. The lowest BCUT2D eigenvalue weighted by atomic mass is 10.1. The first kappa shape index (κ1) is 20.2. The number of anilines is 1. The second-order valence-corrected chi connectivity index (χ2v) is 8.37. The van der Waals surface area contributed by atoms with E-state index in [1.54, 1.807) is 24.3 Å². The average molecular weight is 402 g/mol. The molecule has 2 N–H and O–H groups in total. The van der Waals surface area contributed by atoms with Crippen LogP contribution < -0.4 is 10.0 Å². The van der Waals surface area contributed by atoms with Gasteiger partial charge in [0.2, 0.25) is 10.0 Å². The molecule has 148 valence electrons. The van der Waals surface area contributed by atoms with E-state index in [4.69, 9.17) is 4.74 Å². The maximum Gasteiger partial charge on any atom is 0.255 e. The number of rotatable bonds is 7. The monoisotopic (exact) mass is 402 g/mol. The van der Waals surface area contributed by atoms with Crippen LogP contribution in [-0.2, 0) is 14.8 Å². The molecule has 7 nitrogen and oxygen atoms in total. The zero-order chi connectivity index (χ0) is 20.1. The standard InChI is InChI=1S/C20H22N2O5S/c1-14(23)16-4-2-5-17(12-16)22-20(24)15-7-9-19(10-8-15)28(25,26)21-13-18-6-3-11-27-18/h2,4-5,7-10,12,18,21H,3,6,11,13H2,1H3,(H,22,24)/t18-/m0/s1. The van der Waals surface area contributed by atoms with Gasteiger partial charge in [0.25, 0.3) is 5.91 Å². The molecule has 1 heterocycles. The molecule has 1 saturated heterocycles. The van der Waals surface area contributed by atoms with Crippen molar-refractivity contribution in [2.24, 2.45) is 0 Å². The first-order valence-corrected chi connectivity index (χ1v) is 10.5. The minimum absolute atomic E-state index is 0.0839. The van der Waals surface area contributed by atoms with Crippen molar-refractivity contribution >= 4 is 27.4 Å². The van der Waals surface area contributed by atoms with Crippen LogP contribution in [0.5, 0.6) is 0 Å². The summed E-state index contributed by atoms with van der Waals surface area (Å²) in [5, 5.41) is 2.70. The van der Waals surface area contributed by atoms with Gasteiger partial charge < -0.3 is 10.1 Å². The van der Waals surface area contributed by atoms with E-state index in [9.17, 15) is 18.0 Å². The van der Waals surface area contributed by atoms with Crippen LogP contribution in [0.3, 0.4) is 0 Å². The number of amides is 1. The van der Waals surface area contributed by atoms with Gasteiger partial charge >= 0.3 is 0 Å². The van der Waals surface area contributed by atoms with Crippen molar-refractivity contribution in [3.63, 3.8) is 0 Å². The maximum absolute atomic E-state index is 12.4. The first-order valence-electron chi connectivity index (χ1n) is 8.99. The normalized spacial score (nSPS) is 16.7. The summed E-state index contributed by atoms with van der Waals surface area (Å²) in [6.45, 7) is 2.34. The topological polar surface area (TPSA) is 102 Å². The van der Waals surface area contributed by atoms with Crippen molar-refractivity contribution in [3.05, 3.63) is 59.7 Å². The van der Waals surface area contributed by atoms with Gasteiger partial charge in [-0.3, -0.25) is 9.59 Å². The Kier molecular flexibility index (Phi) is 6.23. The van der Waals surface area contributed by atoms with Crippen molar-refractivity contribution in [1.29, 1.82) is 0 Å². The van der Waals surface area contributed by atoms with Gasteiger partial charge in [-0.1, -0.05) is 12.1 Å². The third kappa shape index (κ3) is 5.03. The van der Waals surface area contributed by atoms with Gasteiger partial charge in [0, 0.05) is 30.0 Å². The van der Waals surface area contributed by atoms with Crippen LogP contribution >= 0.6 is 0 Å². The molecule has 2 aromatic rings. The molecule has 0 bridgehead atoms. The van der Waals surface area contributed by atoms with E-state index in [-0.39, 0.29) is 23.3 Å². The van der Waals surface area contributed by atoms with E-state index in [0.717, 1.165) is 12.8 Å². The number of carbonyl (C=O) groups excluding carboxylic acids is 2. The van der Waals surface area contributed by atoms with Gasteiger partial charge in [-0.2, -0.15) is 0 Å². The summed E-state index contributed by atoms with van der Waals surface area (Å²) in [6.07, 6.45) is 1.68. The van der Waals surface area contributed by atoms with Crippen LogP contribution in [0.4, 0.5) is 5.69 Å². The molecule has 0 aromatic heterocycles. The second-order valence-electron chi connectivity index (χ2n) is 6.60. The summed E-state index contributed by atoms with van der Waals surface area (Å²) in [5.41, 5.74) is 1.30. The Bertz CT molecular complexity index is 964. The molecule has 3 rings (SSSR count). The molecule has 0 aliphatic carbocycles. The van der Waals surface area contributed by atoms with Crippen LogP contribution in [0.15, 0.2) is 53.4 Å². The van der Waals surface area contributed by atoms with Gasteiger partial charge in [0.15, 0.2) is 5.78 Å². The number of carbonyl (C=O) groups is 2. The third-order valence-electron chi connectivity index (χ3n) is 4.48. The fourth-order valence-corrected chi connectivity index (χ4v) is 3.96. The number of benzene rings is 2. The van der Waals surface area contributed by atoms with E-state index in [0.29, 0.717) is 23.4 Å². The second kappa shape index (κ2) is 8.64. The molecule has 1 amide bonds. The molecule has 0 radical (unpaired) electrons. The Hall–Kier alpha value is -2.55. The van der Waals surface area contributed by atoms with E-state index in [2.05, 4.69) is 10.0 Å². The van der Waals surface area contributed by atoms with Crippen molar-refractivity contribution in [1.82, 2.24) is 4.72 Å². The van der Waals surface area contributed by atoms with E-state index >= 15 is 0 Å². The lowest BCUT2D eigenvalue weighted by Gasteiger charge is -2.12. The molecule has 2 aromatic carbocycles. The number of hydrogen-bond acceptors (Lipinski definition) is 5. The molecule has 0 spiro atoms. The number of ketones is 1. The van der Waals surface area contributed by atoms with E-state index in [1.807, 2.05) is 0 Å². The Morgan fingerprint density at radius 3 is 2.50 bits per heavy atom. The van der Waals surface area contributed by atoms with Crippen LogP contribution in [0.2, 0.25) is 0 Å². The fraction of sp³-hybridized carbons (Fsp3) is 0.300. The molecule has 1 aliphatic heterocycles. The van der Waals surface area contributed by atoms with Crippen LogP contribution in [0.1, 0.15) is 40.5 Å². The summed E-state index contributed by atoms with van der Waals surface area (Å²) in [6, 6.07) is 12.3. The number of nitrogens with one attached hydrogen (secondary N) is 2. The van der Waals surface area contributed by atoms with E-state index in [1.165, 1.54) is 31.2 Å². The lowest BCUT2D eigenvalue weighted by Crippen LogP contribution is -2.31.